The Balaban J connectivity index is 0. The molecule has 16 heavy (non-hydrogen) atoms. The first-order chi connectivity index (χ1) is 6.60. The van der Waals surface area contributed by atoms with Crippen LogP contribution in [0, 0.1) is 0 Å². The average Bonchev–Trinajstić information content (AvgIpc) is 2.16. The Morgan fingerprint density at radius 3 is 1.75 bits per heavy atom. The van der Waals surface area contributed by atoms with E-state index in [1.165, 1.54) is 0 Å². The number of hydrogen-bond acceptors (Lipinski definition) is 4. The van der Waals surface area contributed by atoms with Crippen molar-refractivity contribution < 1.29 is 0 Å². The molecule has 4 nitrogen and oxygen atoms in total. The Hall–Kier alpha value is -0.160. The highest BCUT2D eigenvalue weighted by atomic mass is 35.5. The minimum atomic E-state index is 0. The van der Waals surface area contributed by atoms with E-state index in [0.29, 0.717) is 5.95 Å². The van der Waals surface area contributed by atoms with Crippen molar-refractivity contribution in [3.05, 3.63) is 10.3 Å². The van der Waals surface area contributed by atoms with Crippen LogP contribution in [0.5, 0.6) is 0 Å². The predicted molar refractivity (Wildman–Crippen MR) is 74.5 cm³/mol. The average molecular weight is 308 g/mol. The number of aromatic nitrogens is 2. The van der Waals surface area contributed by atoms with E-state index in [9.17, 15) is 0 Å². The smallest absolute Gasteiger partial charge is 0.228 e. The van der Waals surface area contributed by atoms with Gasteiger partial charge in [-0.05, 0) is 13.8 Å². The first kappa shape index (κ1) is 18.2. The molecule has 0 aliphatic rings. The number of nitrogens with two attached hydrogens (primary N) is 1. The van der Waals surface area contributed by atoms with Gasteiger partial charge in [0.25, 0.3) is 0 Å². The molecule has 0 fully saturated rings. The molecule has 0 aliphatic carbocycles. The van der Waals surface area contributed by atoms with Crippen LogP contribution in [0.25, 0.3) is 0 Å². The lowest BCUT2D eigenvalue weighted by atomic mass is 10.5. The van der Waals surface area contributed by atoms with Gasteiger partial charge in [-0.1, -0.05) is 23.2 Å². The lowest BCUT2D eigenvalue weighted by molar-refractivity contribution is 0.822. The van der Waals surface area contributed by atoms with E-state index in [4.69, 9.17) is 28.9 Å². The van der Waals surface area contributed by atoms with Crippen molar-refractivity contribution in [3.8, 4) is 0 Å². The Morgan fingerprint density at radius 1 is 1.06 bits per heavy atom. The number of nitrogen functional groups attached to an aromatic ring is 1. The van der Waals surface area contributed by atoms with Crippen LogP contribution in [0.2, 0.25) is 10.3 Å². The van der Waals surface area contributed by atoms with Gasteiger partial charge in [0.2, 0.25) is 5.95 Å². The maximum Gasteiger partial charge on any atom is 0.228 e. The molecule has 1 aromatic rings. The Bertz CT molecular complexity index is 307. The summed E-state index contributed by atoms with van der Waals surface area (Å²) >= 11 is 11.6. The molecule has 0 saturated carbocycles. The van der Waals surface area contributed by atoms with E-state index in [-0.39, 0.29) is 40.8 Å². The third-order valence-corrected chi connectivity index (χ3v) is 2.46. The van der Waals surface area contributed by atoms with Crippen molar-refractivity contribution in [2.75, 3.05) is 23.7 Å². The molecule has 0 saturated heterocycles. The van der Waals surface area contributed by atoms with Crippen LogP contribution in [0.4, 0.5) is 11.6 Å². The molecule has 1 heterocycles. The van der Waals surface area contributed by atoms with Gasteiger partial charge in [-0.3, -0.25) is 0 Å². The number of nitrogens with zero attached hydrogens (tertiary/aromatic N) is 3. The Labute approximate surface area is 117 Å². The summed E-state index contributed by atoms with van der Waals surface area (Å²) in [7, 11) is 0. The van der Waals surface area contributed by atoms with Crippen LogP contribution >= 0.6 is 48.0 Å². The van der Waals surface area contributed by atoms with Crippen LogP contribution in [-0.4, -0.2) is 23.1 Å². The molecule has 0 bridgehead atoms. The quantitative estimate of drug-likeness (QED) is 0.872. The minimum Gasteiger partial charge on any atom is -0.394 e. The number of halogens is 4. The molecule has 0 unspecified atom stereocenters. The van der Waals surface area contributed by atoms with Gasteiger partial charge in [-0.15, -0.1) is 24.8 Å². The molecule has 0 aromatic carbocycles. The van der Waals surface area contributed by atoms with E-state index >= 15 is 0 Å². The maximum atomic E-state index is 5.79. The zero-order valence-corrected chi connectivity index (χ0v) is 12.1. The summed E-state index contributed by atoms with van der Waals surface area (Å²) in [6.07, 6.45) is 0. The molecular weight excluding hydrogens is 294 g/mol. The van der Waals surface area contributed by atoms with E-state index in [0.717, 1.165) is 13.1 Å². The largest absolute Gasteiger partial charge is 0.394 e. The molecular formula is C8H14Cl4N4. The fourth-order valence-corrected chi connectivity index (χ4v) is 1.43. The fourth-order valence-electron chi connectivity index (χ4n) is 1.05. The monoisotopic (exact) mass is 306 g/mol. The number of anilines is 2. The normalized spacial score (nSPS) is 9.00. The van der Waals surface area contributed by atoms with Gasteiger partial charge in [-0.2, -0.15) is 9.97 Å². The van der Waals surface area contributed by atoms with Gasteiger partial charge < -0.3 is 10.6 Å². The molecule has 0 aliphatic heterocycles. The van der Waals surface area contributed by atoms with Crippen molar-refractivity contribution in [1.29, 1.82) is 0 Å². The van der Waals surface area contributed by atoms with Crippen molar-refractivity contribution in [2.45, 2.75) is 13.8 Å². The second kappa shape index (κ2) is 8.01. The minimum absolute atomic E-state index is 0. The Morgan fingerprint density at radius 2 is 1.44 bits per heavy atom. The van der Waals surface area contributed by atoms with Crippen LogP contribution in [0.3, 0.4) is 0 Å². The third kappa shape index (κ3) is 4.01. The van der Waals surface area contributed by atoms with Gasteiger partial charge in [-0.25, -0.2) is 0 Å². The highest BCUT2D eigenvalue weighted by molar-refractivity contribution is 6.37. The molecule has 2 N–H and O–H groups in total. The SMILES string of the molecule is CCN(CC)c1nc(Cl)c(N)c(Cl)n1.Cl.Cl. The summed E-state index contributed by atoms with van der Waals surface area (Å²) in [6.45, 7) is 5.61. The lowest BCUT2D eigenvalue weighted by Gasteiger charge is -2.18. The summed E-state index contributed by atoms with van der Waals surface area (Å²) in [5.41, 5.74) is 5.75. The highest BCUT2D eigenvalue weighted by Gasteiger charge is 2.11. The fraction of sp³-hybridized carbons (Fsp3) is 0.500. The summed E-state index contributed by atoms with van der Waals surface area (Å²) in [5.74, 6) is 0.513. The first-order valence-corrected chi connectivity index (χ1v) is 5.09. The number of hydrogen-bond donors (Lipinski definition) is 1. The molecule has 0 amide bonds. The van der Waals surface area contributed by atoms with Gasteiger partial charge in [0.15, 0.2) is 10.3 Å². The van der Waals surface area contributed by atoms with Gasteiger partial charge in [0.1, 0.15) is 5.69 Å². The highest BCUT2D eigenvalue weighted by Crippen LogP contribution is 2.25. The van der Waals surface area contributed by atoms with Crippen LogP contribution in [0.1, 0.15) is 13.8 Å². The molecule has 1 rings (SSSR count). The van der Waals surface area contributed by atoms with E-state index in [2.05, 4.69) is 9.97 Å². The molecule has 8 heteroatoms. The standard InChI is InChI=1S/C8H12Cl2N4.2ClH/c1-3-14(4-2)8-12-6(9)5(11)7(10)13-8;;/h3-4,11H2,1-2H3;2*1H. The van der Waals surface area contributed by atoms with E-state index in [1.807, 2.05) is 18.7 Å². The summed E-state index contributed by atoms with van der Waals surface area (Å²) in [4.78, 5) is 10.0. The molecule has 0 spiro atoms. The Kier molecular flexibility index (Phi) is 9.12. The van der Waals surface area contributed by atoms with Crippen LogP contribution in [-0.2, 0) is 0 Å². The topological polar surface area (TPSA) is 55.0 Å². The predicted octanol–water partition coefficient (Wildman–Crippen LogP) is 3.06. The maximum absolute atomic E-state index is 5.79. The molecule has 0 atom stereocenters. The molecule has 0 radical (unpaired) electrons. The zero-order chi connectivity index (χ0) is 10.7. The number of rotatable bonds is 3. The van der Waals surface area contributed by atoms with Crippen molar-refractivity contribution in [1.82, 2.24) is 9.97 Å². The summed E-state index contributed by atoms with van der Waals surface area (Å²) in [5, 5.41) is 0.402. The van der Waals surface area contributed by atoms with Crippen LogP contribution < -0.4 is 10.6 Å². The molecule has 94 valence electrons. The van der Waals surface area contributed by atoms with Crippen molar-refractivity contribution in [3.63, 3.8) is 0 Å². The zero-order valence-electron chi connectivity index (χ0n) is 8.91. The second-order valence-corrected chi connectivity index (χ2v) is 3.41. The van der Waals surface area contributed by atoms with Gasteiger partial charge in [0.05, 0.1) is 0 Å². The second-order valence-electron chi connectivity index (χ2n) is 2.69. The lowest BCUT2D eigenvalue weighted by Crippen LogP contribution is -2.24. The first-order valence-electron chi connectivity index (χ1n) is 4.33. The van der Waals surface area contributed by atoms with Gasteiger partial charge >= 0.3 is 0 Å². The van der Waals surface area contributed by atoms with Crippen molar-refractivity contribution >= 4 is 59.7 Å². The van der Waals surface area contributed by atoms with E-state index < -0.39 is 0 Å². The van der Waals surface area contributed by atoms with Gasteiger partial charge in [0, 0.05) is 13.1 Å². The third-order valence-electron chi connectivity index (χ3n) is 1.89. The van der Waals surface area contributed by atoms with E-state index in [1.54, 1.807) is 0 Å². The van der Waals surface area contributed by atoms with Crippen molar-refractivity contribution in [2.24, 2.45) is 0 Å². The summed E-state index contributed by atoms with van der Waals surface area (Å²) < 4.78 is 0. The van der Waals surface area contributed by atoms with Crippen LogP contribution in [0.15, 0.2) is 0 Å². The molecule has 1 aromatic heterocycles. The summed E-state index contributed by atoms with van der Waals surface area (Å²) in [6, 6.07) is 0.